The summed E-state index contributed by atoms with van der Waals surface area (Å²) in [5.74, 6) is 0.718. The number of hydrogen-bond acceptors (Lipinski definition) is 3. The monoisotopic (exact) mass is 463 g/mol. The van der Waals surface area contributed by atoms with E-state index in [9.17, 15) is 9.90 Å². The Balaban J connectivity index is 1.66. The number of hydrogen-bond donors (Lipinski definition) is 3. The fraction of sp³-hybridized carbons (Fsp3) is 0.731. The molecule has 180 valence electrons. The molecule has 1 saturated carbocycles. The van der Waals surface area contributed by atoms with Crippen LogP contribution in [-0.4, -0.2) is 48.8 Å². The van der Waals surface area contributed by atoms with Crippen molar-refractivity contribution in [3.05, 3.63) is 34.9 Å². The minimum atomic E-state index is -0.967. The molecule has 2 amide bonds. The van der Waals surface area contributed by atoms with Crippen LogP contribution in [0.2, 0.25) is 5.02 Å². The number of aliphatic hydroxyl groups is 1. The van der Waals surface area contributed by atoms with Gasteiger partial charge in [0, 0.05) is 36.6 Å². The third-order valence-electron chi connectivity index (χ3n) is 7.46. The second-order valence-corrected chi connectivity index (χ2v) is 10.4. The number of benzene rings is 1. The van der Waals surface area contributed by atoms with Gasteiger partial charge < -0.3 is 20.6 Å². The van der Waals surface area contributed by atoms with Gasteiger partial charge in [0.2, 0.25) is 0 Å². The van der Waals surface area contributed by atoms with E-state index in [0.29, 0.717) is 23.9 Å². The molecule has 0 bridgehead atoms. The second-order valence-electron chi connectivity index (χ2n) is 9.91. The second kappa shape index (κ2) is 12.2. The van der Waals surface area contributed by atoms with E-state index in [1.54, 1.807) is 0 Å². The van der Waals surface area contributed by atoms with Gasteiger partial charge in [-0.05, 0) is 56.3 Å². The number of nitrogens with one attached hydrogen (secondary N) is 2. The summed E-state index contributed by atoms with van der Waals surface area (Å²) >= 11 is 6.24. The lowest BCUT2D eigenvalue weighted by Gasteiger charge is -2.43. The molecule has 1 aromatic rings. The predicted octanol–water partition coefficient (Wildman–Crippen LogP) is 5.31. The van der Waals surface area contributed by atoms with E-state index in [1.807, 2.05) is 36.2 Å². The quantitative estimate of drug-likeness (QED) is 0.465. The first-order valence-electron chi connectivity index (χ1n) is 12.6. The zero-order valence-corrected chi connectivity index (χ0v) is 20.7. The molecular formula is C26H42ClN3O2. The van der Waals surface area contributed by atoms with Crippen LogP contribution in [0, 0.1) is 11.8 Å². The fourth-order valence-electron chi connectivity index (χ4n) is 5.81. The van der Waals surface area contributed by atoms with E-state index < -0.39 is 5.60 Å². The van der Waals surface area contributed by atoms with Crippen LogP contribution in [0.25, 0.3) is 0 Å². The van der Waals surface area contributed by atoms with Gasteiger partial charge in [-0.15, -0.1) is 0 Å². The number of nitrogens with zero attached hydrogens (tertiary/aromatic N) is 1. The van der Waals surface area contributed by atoms with Crippen molar-refractivity contribution in [3.8, 4) is 0 Å². The number of likely N-dealkylation sites (tertiary alicyclic amines) is 1. The smallest absolute Gasteiger partial charge is 0.317 e. The number of likely N-dealkylation sites (N-methyl/N-ethyl adjacent to an activating group) is 1. The summed E-state index contributed by atoms with van der Waals surface area (Å²) in [6.07, 6.45) is 11.0. The van der Waals surface area contributed by atoms with Crippen LogP contribution in [0.3, 0.4) is 0 Å². The van der Waals surface area contributed by atoms with Crippen molar-refractivity contribution >= 4 is 17.6 Å². The Bertz CT molecular complexity index is 725. The van der Waals surface area contributed by atoms with Gasteiger partial charge >= 0.3 is 6.03 Å². The maximum Gasteiger partial charge on any atom is 0.317 e. The molecule has 2 aliphatic rings. The molecule has 1 saturated heterocycles. The number of halogens is 1. The van der Waals surface area contributed by atoms with E-state index in [1.165, 1.54) is 32.1 Å². The molecule has 1 aromatic carbocycles. The molecular weight excluding hydrogens is 422 g/mol. The van der Waals surface area contributed by atoms with Gasteiger partial charge in [0.25, 0.3) is 0 Å². The molecule has 3 atom stereocenters. The van der Waals surface area contributed by atoms with Crippen LogP contribution in [-0.2, 0) is 5.60 Å². The summed E-state index contributed by atoms with van der Waals surface area (Å²) in [6.45, 7) is 4.21. The minimum Gasteiger partial charge on any atom is -0.385 e. The molecule has 0 aromatic heterocycles. The van der Waals surface area contributed by atoms with Crippen molar-refractivity contribution in [2.24, 2.45) is 11.8 Å². The average molecular weight is 464 g/mol. The maximum atomic E-state index is 13.2. The summed E-state index contributed by atoms with van der Waals surface area (Å²) in [7, 11) is 1.95. The van der Waals surface area contributed by atoms with Crippen molar-refractivity contribution < 1.29 is 9.90 Å². The molecule has 5 nitrogen and oxygen atoms in total. The van der Waals surface area contributed by atoms with Crippen molar-refractivity contribution in [2.75, 3.05) is 26.7 Å². The Morgan fingerprint density at radius 3 is 2.72 bits per heavy atom. The number of carbonyl (C=O) groups is 1. The highest BCUT2D eigenvalue weighted by molar-refractivity contribution is 6.30. The van der Waals surface area contributed by atoms with Crippen LogP contribution in [0.15, 0.2) is 24.3 Å². The van der Waals surface area contributed by atoms with Crippen LogP contribution in [0.4, 0.5) is 4.79 Å². The van der Waals surface area contributed by atoms with Crippen LogP contribution < -0.4 is 10.6 Å². The van der Waals surface area contributed by atoms with Crippen molar-refractivity contribution in [2.45, 2.75) is 82.8 Å². The van der Waals surface area contributed by atoms with Gasteiger partial charge in [0.05, 0.1) is 5.60 Å². The first-order chi connectivity index (χ1) is 15.5. The van der Waals surface area contributed by atoms with Crippen molar-refractivity contribution in [3.63, 3.8) is 0 Å². The first-order valence-corrected chi connectivity index (χ1v) is 13.0. The Hall–Kier alpha value is -1.30. The summed E-state index contributed by atoms with van der Waals surface area (Å²) in [5.41, 5.74) is -0.102. The molecule has 1 heterocycles. The van der Waals surface area contributed by atoms with Gasteiger partial charge in [0.1, 0.15) is 0 Å². The SMILES string of the molecule is CCC[C@@](O)(c1cccc(Cl)c1)C1CCCN(C(=O)NC(CNC)CC2CCCCC2)C1. The number of rotatable bonds is 9. The van der Waals surface area contributed by atoms with E-state index >= 15 is 0 Å². The Labute approximate surface area is 199 Å². The number of piperidine rings is 1. The zero-order valence-electron chi connectivity index (χ0n) is 19.9. The standard InChI is InChI=1S/C26H42ClN3O2/c1-3-14-26(32,21-11-7-13-23(27)17-21)22-12-8-15-30(19-22)25(31)29-24(18-28-2)16-20-9-5-4-6-10-20/h7,11,13,17,20,22,24,28,32H,3-6,8-10,12,14-16,18-19H2,1-2H3,(H,29,31)/t22?,24?,26-/m1/s1. The highest BCUT2D eigenvalue weighted by Gasteiger charge is 2.41. The summed E-state index contributed by atoms with van der Waals surface area (Å²) in [4.78, 5) is 15.1. The summed E-state index contributed by atoms with van der Waals surface area (Å²) < 4.78 is 0. The topological polar surface area (TPSA) is 64.6 Å². The third-order valence-corrected chi connectivity index (χ3v) is 7.70. The number of urea groups is 1. The average Bonchev–Trinajstić information content (AvgIpc) is 2.80. The van der Waals surface area contributed by atoms with Crippen molar-refractivity contribution in [1.29, 1.82) is 0 Å². The molecule has 3 rings (SSSR count). The molecule has 1 aliphatic heterocycles. The lowest BCUT2D eigenvalue weighted by molar-refractivity contribution is -0.0545. The van der Waals surface area contributed by atoms with Gasteiger partial charge in [-0.25, -0.2) is 4.79 Å². The lowest BCUT2D eigenvalue weighted by atomic mass is 9.74. The Morgan fingerprint density at radius 2 is 2.03 bits per heavy atom. The molecule has 32 heavy (non-hydrogen) atoms. The van der Waals surface area contributed by atoms with Gasteiger partial charge in [-0.3, -0.25) is 0 Å². The number of amides is 2. The van der Waals surface area contributed by atoms with Crippen LogP contribution in [0.5, 0.6) is 0 Å². The number of carbonyl (C=O) groups excluding carboxylic acids is 1. The molecule has 0 spiro atoms. The first kappa shape index (κ1) is 25.3. The summed E-state index contributed by atoms with van der Waals surface area (Å²) in [6, 6.07) is 7.75. The molecule has 6 heteroatoms. The zero-order chi connectivity index (χ0) is 23.0. The van der Waals surface area contributed by atoms with Gasteiger partial charge in [0.15, 0.2) is 0 Å². The molecule has 2 unspecified atom stereocenters. The van der Waals surface area contributed by atoms with Crippen LogP contribution >= 0.6 is 11.6 Å². The highest BCUT2D eigenvalue weighted by Crippen LogP contribution is 2.40. The van der Waals surface area contributed by atoms with E-state index in [-0.39, 0.29) is 18.0 Å². The molecule has 1 aliphatic carbocycles. The Morgan fingerprint density at radius 1 is 1.25 bits per heavy atom. The van der Waals surface area contributed by atoms with E-state index in [2.05, 4.69) is 17.6 Å². The highest BCUT2D eigenvalue weighted by atomic mass is 35.5. The lowest BCUT2D eigenvalue weighted by Crippen LogP contribution is -2.54. The summed E-state index contributed by atoms with van der Waals surface area (Å²) in [5, 5.41) is 19.0. The van der Waals surface area contributed by atoms with Gasteiger partial charge in [-0.1, -0.05) is 69.2 Å². The largest absolute Gasteiger partial charge is 0.385 e. The van der Waals surface area contributed by atoms with Gasteiger partial charge in [-0.2, -0.15) is 0 Å². The minimum absolute atomic E-state index is 0.00140. The Kier molecular flexibility index (Phi) is 9.69. The predicted molar refractivity (Wildman–Crippen MR) is 132 cm³/mol. The van der Waals surface area contributed by atoms with E-state index in [4.69, 9.17) is 11.6 Å². The van der Waals surface area contributed by atoms with Crippen LogP contribution in [0.1, 0.15) is 76.7 Å². The molecule has 0 radical (unpaired) electrons. The molecule has 3 N–H and O–H groups in total. The molecule has 2 fully saturated rings. The normalized spacial score (nSPS) is 22.9. The third kappa shape index (κ3) is 6.61. The van der Waals surface area contributed by atoms with E-state index in [0.717, 1.165) is 44.3 Å². The maximum absolute atomic E-state index is 13.2. The fourth-order valence-corrected chi connectivity index (χ4v) is 6.00. The van der Waals surface area contributed by atoms with Crippen molar-refractivity contribution in [1.82, 2.24) is 15.5 Å².